The van der Waals surface area contributed by atoms with E-state index in [0.717, 1.165) is 3.79 Å². The number of nitrogens with two attached hydrogens (primary N) is 1. The molecule has 0 aliphatic heterocycles. The Morgan fingerprint density at radius 2 is 2.40 bits per heavy atom. The molecule has 1 aromatic rings. The molecule has 0 radical (unpaired) electrons. The second-order valence-corrected chi connectivity index (χ2v) is 5.36. The second-order valence-electron chi connectivity index (χ2n) is 2.86. The number of esters is 1. The van der Waals surface area contributed by atoms with Gasteiger partial charge in [0.1, 0.15) is 12.1 Å². The Balaban J connectivity index is 2.67. The molecule has 0 amide bonds. The van der Waals surface area contributed by atoms with Crippen molar-refractivity contribution in [1.29, 1.82) is 0 Å². The second kappa shape index (κ2) is 5.60. The Morgan fingerprint density at radius 3 is 2.87 bits per heavy atom. The minimum Gasteiger partial charge on any atom is -0.465 e. The number of hydrogen-bond acceptors (Lipinski definition) is 5. The van der Waals surface area contributed by atoms with Gasteiger partial charge < -0.3 is 15.6 Å². The Hall–Kier alpha value is -0.430. The molecule has 0 aliphatic rings. The molecule has 1 heterocycles. The molecule has 0 saturated heterocycles. The van der Waals surface area contributed by atoms with Crippen LogP contribution in [0.4, 0.5) is 0 Å². The van der Waals surface area contributed by atoms with E-state index in [4.69, 9.17) is 10.5 Å². The summed E-state index contributed by atoms with van der Waals surface area (Å²) in [5.41, 5.74) is 5.55. The number of carbonyl (C=O) groups excluding carboxylic acids is 1. The fourth-order valence-electron chi connectivity index (χ4n) is 1.03. The minimum atomic E-state index is -1.03. The molecule has 0 fully saturated rings. The zero-order chi connectivity index (χ0) is 11.4. The average Bonchev–Trinajstić information content (AvgIpc) is 2.63. The molecule has 1 rings (SSSR count). The first kappa shape index (κ1) is 12.6. The third kappa shape index (κ3) is 3.27. The van der Waals surface area contributed by atoms with Crippen molar-refractivity contribution in [3.63, 3.8) is 0 Å². The maximum Gasteiger partial charge on any atom is 0.326 e. The number of aliphatic hydroxyl groups is 1. The van der Waals surface area contributed by atoms with E-state index in [9.17, 15) is 9.90 Å². The van der Waals surface area contributed by atoms with Crippen LogP contribution in [-0.4, -0.2) is 23.7 Å². The van der Waals surface area contributed by atoms with E-state index < -0.39 is 18.1 Å². The van der Waals surface area contributed by atoms with E-state index in [-0.39, 0.29) is 6.61 Å². The zero-order valence-corrected chi connectivity index (χ0v) is 10.5. The summed E-state index contributed by atoms with van der Waals surface area (Å²) in [7, 11) is 0. The number of carbonyl (C=O) groups is 1. The van der Waals surface area contributed by atoms with Gasteiger partial charge in [-0.05, 0) is 35.0 Å². The van der Waals surface area contributed by atoms with Crippen molar-refractivity contribution in [3.05, 3.63) is 20.8 Å². The van der Waals surface area contributed by atoms with Gasteiger partial charge in [-0.1, -0.05) is 0 Å². The van der Waals surface area contributed by atoms with Crippen LogP contribution >= 0.6 is 27.3 Å². The first-order valence-corrected chi connectivity index (χ1v) is 6.02. The Morgan fingerprint density at radius 1 is 1.73 bits per heavy atom. The van der Waals surface area contributed by atoms with E-state index in [1.165, 1.54) is 11.3 Å². The van der Waals surface area contributed by atoms with Gasteiger partial charge in [0.05, 0.1) is 10.4 Å². The van der Waals surface area contributed by atoms with Crippen LogP contribution in [0.2, 0.25) is 0 Å². The van der Waals surface area contributed by atoms with Crippen LogP contribution in [0.3, 0.4) is 0 Å². The predicted octanol–water partition coefficient (Wildman–Crippen LogP) is 1.43. The van der Waals surface area contributed by atoms with Gasteiger partial charge in [0.25, 0.3) is 0 Å². The quantitative estimate of drug-likeness (QED) is 0.824. The fourth-order valence-corrected chi connectivity index (χ4v) is 2.49. The number of aliphatic hydroxyl groups excluding tert-OH is 1. The minimum absolute atomic E-state index is 0.257. The lowest BCUT2D eigenvalue weighted by Crippen LogP contribution is -2.37. The van der Waals surface area contributed by atoms with Gasteiger partial charge in [0.2, 0.25) is 0 Å². The van der Waals surface area contributed by atoms with Crippen molar-refractivity contribution < 1.29 is 14.6 Å². The van der Waals surface area contributed by atoms with Crippen LogP contribution < -0.4 is 5.73 Å². The molecule has 2 unspecified atom stereocenters. The highest BCUT2D eigenvalue weighted by molar-refractivity contribution is 9.11. The summed E-state index contributed by atoms with van der Waals surface area (Å²) in [6, 6.07) is 2.48. The number of halogens is 1. The van der Waals surface area contributed by atoms with E-state index in [2.05, 4.69) is 15.9 Å². The molecule has 3 N–H and O–H groups in total. The van der Waals surface area contributed by atoms with Gasteiger partial charge in [-0.25, -0.2) is 0 Å². The summed E-state index contributed by atoms with van der Waals surface area (Å²) in [6.45, 7) is 1.95. The topological polar surface area (TPSA) is 72.5 Å². The Labute approximate surface area is 100 Å². The molecule has 0 saturated carbocycles. The maximum atomic E-state index is 11.3. The lowest BCUT2D eigenvalue weighted by molar-refractivity contribution is -0.147. The van der Waals surface area contributed by atoms with Crippen molar-refractivity contribution in [2.24, 2.45) is 5.73 Å². The van der Waals surface area contributed by atoms with Gasteiger partial charge >= 0.3 is 5.97 Å². The highest BCUT2D eigenvalue weighted by Crippen LogP contribution is 2.28. The third-order valence-corrected chi connectivity index (χ3v) is 3.48. The maximum absolute atomic E-state index is 11.3. The van der Waals surface area contributed by atoms with E-state index in [0.29, 0.717) is 4.88 Å². The zero-order valence-electron chi connectivity index (χ0n) is 8.14. The summed E-state index contributed by atoms with van der Waals surface area (Å²) in [5, 5.41) is 9.76. The van der Waals surface area contributed by atoms with Gasteiger partial charge in [-0.2, -0.15) is 0 Å². The van der Waals surface area contributed by atoms with E-state index in [1.54, 1.807) is 19.1 Å². The molecule has 2 atom stereocenters. The molecular formula is C9H12BrNO3S. The normalized spacial score (nSPS) is 14.7. The molecule has 4 nitrogen and oxygen atoms in total. The first-order chi connectivity index (χ1) is 7.06. The van der Waals surface area contributed by atoms with Crippen LogP contribution in [-0.2, 0) is 9.53 Å². The molecule has 0 aliphatic carbocycles. The number of rotatable bonds is 4. The van der Waals surface area contributed by atoms with Gasteiger partial charge in [-0.3, -0.25) is 4.79 Å². The van der Waals surface area contributed by atoms with E-state index >= 15 is 0 Å². The van der Waals surface area contributed by atoms with Crippen molar-refractivity contribution in [3.8, 4) is 0 Å². The van der Waals surface area contributed by atoms with Crippen molar-refractivity contribution >= 4 is 33.2 Å². The standard InChI is InChI=1S/C9H12BrNO3S/c1-2-14-9(13)7(11)8(12)5-3-4-6(10)15-5/h3-4,7-8,12H,2,11H2,1H3. The van der Waals surface area contributed by atoms with Crippen LogP contribution in [0.15, 0.2) is 15.9 Å². The Kier molecular flexibility index (Phi) is 4.72. The van der Waals surface area contributed by atoms with Crippen LogP contribution in [0.5, 0.6) is 0 Å². The fraction of sp³-hybridized carbons (Fsp3) is 0.444. The molecule has 1 aromatic heterocycles. The SMILES string of the molecule is CCOC(=O)C(N)C(O)c1ccc(Br)s1. The summed E-state index contributed by atoms with van der Waals surface area (Å²) in [5.74, 6) is -0.588. The van der Waals surface area contributed by atoms with Crippen molar-refractivity contribution in [2.75, 3.05) is 6.61 Å². The summed E-state index contributed by atoms with van der Waals surface area (Å²) < 4.78 is 5.60. The third-order valence-electron chi connectivity index (χ3n) is 1.78. The largest absolute Gasteiger partial charge is 0.465 e. The van der Waals surface area contributed by atoms with Crippen LogP contribution in [0.25, 0.3) is 0 Å². The number of thiophene rings is 1. The first-order valence-electron chi connectivity index (χ1n) is 4.41. The van der Waals surface area contributed by atoms with Crippen molar-refractivity contribution in [2.45, 2.75) is 19.1 Å². The molecular weight excluding hydrogens is 282 g/mol. The summed E-state index contributed by atoms with van der Waals surface area (Å²) >= 11 is 4.61. The smallest absolute Gasteiger partial charge is 0.326 e. The molecule has 84 valence electrons. The predicted molar refractivity (Wildman–Crippen MR) is 61.6 cm³/mol. The van der Waals surface area contributed by atoms with Crippen LogP contribution in [0.1, 0.15) is 17.9 Å². The summed E-state index contributed by atoms with van der Waals surface area (Å²) in [4.78, 5) is 11.9. The molecule has 0 aromatic carbocycles. The number of hydrogen-bond donors (Lipinski definition) is 2. The molecule has 0 bridgehead atoms. The number of ether oxygens (including phenoxy) is 1. The summed E-state index contributed by atoms with van der Waals surface area (Å²) in [6.07, 6.45) is -1.01. The van der Waals surface area contributed by atoms with Crippen molar-refractivity contribution in [1.82, 2.24) is 0 Å². The average molecular weight is 294 g/mol. The van der Waals surface area contributed by atoms with E-state index in [1.807, 2.05) is 0 Å². The Bertz CT molecular complexity index is 342. The van der Waals surface area contributed by atoms with Gasteiger partial charge in [0, 0.05) is 4.88 Å². The van der Waals surface area contributed by atoms with Gasteiger partial charge in [0.15, 0.2) is 0 Å². The highest BCUT2D eigenvalue weighted by atomic mass is 79.9. The highest BCUT2D eigenvalue weighted by Gasteiger charge is 2.26. The lowest BCUT2D eigenvalue weighted by atomic mass is 10.1. The molecule has 0 spiro atoms. The monoisotopic (exact) mass is 293 g/mol. The lowest BCUT2D eigenvalue weighted by Gasteiger charge is -2.15. The van der Waals surface area contributed by atoms with Gasteiger partial charge in [-0.15, -0.1) is 11.3 Å². The molecule has 15 heavy (non-hydrogen) atoms. The molecule has 6 heteroatoms. The van der Waals surface area contributed by atoms with Crippen LogP contribution in [0, 0.1) is 0 Å².